The molecule has 3 N–H and O–H groups in total. The summed E-state index contributed by atoms with van der Waals surface area (Å²) < 4.78 is 11.1. The largest absolute Gasteiger partial charge is 0.480 e. The van der Waals surface area contributed by atoms with E-state index in [1.54, 1.807) is 13.2 Å². The molecular formula is C12H24N2O4S. The van der Waals surface area contributed by atoms with Crippen LogP contribution in [0, 0.1) is 5.92 Å². The van der Waals surface area contributed by atoms with Crippen molar-refractivity contribution < 1.29 is 18.9 Å². The lowest BCUT2D eigenvalue weighted by Gasteiger charge is -2.20. The van der Waals surface area contributed by atoms with Gasteiger partial charge in [0.25, 0.3) is 0 Å². The van der Waals surface area contributed by atoms with Gasteiger partial charge in [0, 0.05) is 28.9 Å². The summed E-state index contributed by atoms with van der Waals surface area (Å²) in [6, 6.07) is -1.38. The Labute approximate surface area is 116 Å². The van der Waals surface area contributed by atoms with Crippen molar-refractivity contribution in [2.75, 3.05) is 12.8 Å². The topological polar surface area (TPSA) is 95.5 Å². The van der Waals surface area contributed by atoms with Crippen molar-refractivity contribution >= 4 is 22.8 Å². The van der Waals surface area contributed by atoms with Gasteiger partial charge in [-0.05, 0) is 12.3 Å². The van der Waals surface area contributed by atoms with Crippen LogP contribution in [0.4, 0.5) is 4.79 Å². The SMILES string of the molecule is CC[C@H](C)[C@H](NC(=O)NCCC(C)S(C)=O)C(=O)O. The Kier molecular flexibility index (Phi) is 8.38. The Morgan fingerprint density at radius 1 is 1.32 bits per heavy atom. The molecule has 0 aliphatic heterocycles. The highest BCUT2D eigenvalue weighted by molar-refractivity contribution is 7.84. The lowest BCUT2D eigenvalue weighted by molar-refractivity contribution is -0.140. The molecule has 4 atom stereocenters. The van der Waals surface area contributed by atoms with Gasteiger partial charge in [-0.25, -0.2) is 9.59 Å². The van der Waals surface area contributed by atoms with Crippen molar-refractivity contribution in [3.8, 4) is 0 Å². The molecule has 6 nitrogen and oxygen atoms in total. The average molecular weight is 292 g/mol. The summed E-state index contributed by atoms with van der Waals surface area (Å²) in [4.78, 5) is 22.6. The van der Waals surface area contributed by atoms with Gasteiger partial charge < -0.3 is 15.7 Å². The van der Waals surface area contributed by atoms with E-state index in [9.17, 15) is 13.8 Å². The monoisotopic (exact) mass is 292 g/mol. The van der Waals surface area contributed by atoms with Crippen LogP contribution in [0.1, 0.15) is 33.6 Å². The van der Waals surface area contributed by atoms with Crippen LogP contribution in [0.25, 0.3) is 0 Å². The van der Waals surface area contributed by atoms with Gasteiger partial charge in [0.15, 0.2) is 0 Å². The molecule has 0 spiro atoms. The molecule has 0 saturated heterocycles. The molecule has 0 aromatic heterocycles. The average Bonchev–Trinajstić information content (AvgIpc) is 2.34. The van der Waals surface area contributed by atoms with E-state index >= 15 is 0 Å². The van der Waals surface area contributed by atoms with Crippen molar-refractivity contribution in [2.24, 2.45) is 5.92 Å². The predicted molar refractivity (Wildman–Crippen MR) is 75.6 cm³/mol. The van der Waals surface area contributed by atoms with Crippen LogP contribution in [-0.2, 0) is 15.6 Å². The number of aliphatic carboxylic acids is 1. The predicted octanol–water partition coefficient (Wildman–Crippen LogP) is 0.942. The highest BCUT2D eigenvalue weighted by Gasteiger charge is 2.25. The van der Waals surface area contributed by atoms with E-state index in [1.165, 1.54) is 0 Å². The van der Waals surface area contributed by atoms with Crippen molar-refractivity contribution in [1.29, 1.82) is 0 Å². The van der Waals surface area contributed by atoms with Gasteiger partial charge in [0.2, 0.25) is 0 Å². The third kappa shape index (κ3) is 7.15. The van der Waals surface area contributed by atoms with Crippen LogP contribution >= 0.6 is 0 Å². The number of hydrogen-bond donors (Lipinski definition) is 3. The summed E-state index contributed by atoms with van der Waals surface area (Å²) in [5, 5.41) is 14.1. The second-order valence-corrected chi connectivity index (χ2v) is 6.50. The number of carbonyl (C=O) groups is 2. The molecule has 112 valence electrons. The summed E-state index contributed by atoms with van der Waals surface area (Å²) >= 11 is 0. The normalized spacial score (nSPS) is 17.1. The number of hydrogen-bond acceptors (Lipinski definition) is 3. The first-order valence-corrected chi connectivity index (χ1v) is 8.01. The third-order valence-electron chi connectivity index (χ3n) is 3.17. The van der Waals surface area contributed by atoms with Gasteiger partial charge in [-0.15, -0.1) is 0 Å². The third-order valence-corrected chi connectivity index (χ3v) is 4.54. The Morgan fingerprint density at radius 3 is 2.32 bits per heavy atom. The molecule has 0 bridgehead atoms. The molecule has 0 rings (SSSR count). The molecule has 0 aromatic rings. The highest BCUT2D eigenvalue weighted by Crippen LogP contribution is 2.07. The first kappa shape index (κ1) is 17.9. The van der Waals surface area contributed by atoms with E-state index in [4.69, 9.17) is 5.11 Å². The zero-order valence-electron chi connectivity index (χ0n) is 11.9. The van der Waals surface area contributed by atoms with Crippen LogP contribution < -0.4 is 10.6 Å². The molecule has 0 heterocycles. The highest BCUT2D eigenvalue weighted by atomic mass is 32.2. The minimum atomic E-state index is -1.03. The molecule has 0 fully saturated rings. The fourth-order valence-corrected chi connectivity index (χ4v) is 1.88. The fraction of sp³-hybridized carbons (Fsp3) is 0.833. The first-order chi connectivity index (χ1) is 8.79. The zero-order chi connectivity index (χ0) is 15.0. The van der Waals surface area contributed by atoms with E-state index in [1.807, 2.05) is 13.8 Å². The number of amides is 2. The Morgan fingerprint density at radius 2 is 1.89 bits per heavy atom. The van der Waals surface area contributed by atoms with E-state index in [0.29, 0.717) is 19.4 Å². The summed E-state index contributed by atoms with van der Waals surface area (Å²) in [6.07, 6.45) is 2.88. The molecule has 0 aliphatic carbocycles. The standard InChI is InChI=1S/C12H24N2O4S/c1-5-8(2)10(11(15)16)14-12(17)13-7-6-9(3)19(4)18/h8-10H,5-7H2,1-4H3,(H,15,16)(H2,13,14,17)/t8-,9?,10-,19?/m0/s1. The van der Waals surface area contributed by atoms with Crippen molar-refractivity contribution in [3.05, 3.63) is 0 Å². The minimum Gasteiger partial charge on any atom is -0.480 e. The second-order valence-electron chi connectivity index (χ2n) is 4.70. The van der Waals surface area contributed by atoms with Gasteiger partial charge in [-0.1, -0.05) is 27.2 Å². The lowest BCUT2D eigenvalue weighted by Crippen LogP contribution is -2.49. The van der Waals surface area contributed by atoms with E-state index in [-0.39, 0.29) is 11.2 Å². The summed E-state index contributed by atoms with van der Waals surface area (Å²) in [7, 11) is -0.918. The summed E-state index contributed by atoms with van der Waals surface area (Å²) in [6.45, 7) is 5.87. The molecule has 0 saturated carbocycles. The van der Waals surface area contributed by atoms with Crippen LogP contribution in [0.3, 0.4) is 0 Å². The van der Waals surface area contributed by atoms with Crippen molar-refractivity contribution in [3.63, 3.8) is 0 Å². The quantitative estimate of drug-likeness (QED) is 0.620. The van der Waals surface area contributed by atoms with E-state index in [0.717, 1.165) is 0 Å². The van der Waals surface area contributed by atoms with Gasteiger partial charge in [0.1, 0.15) is 6.04 Å². The maximum atomic E-state index is 11.6. The number of carboxylic acids is 1. The number of nitrogens with one attached hydrogen (secondary N) is 2. The summed E-state index contributed by atoms with van der Waals surface area (Å²) in [5.41, 5.74) is 0. The molecule has 7 heteroatoms. The molecular weight excluding hydrogens is 268 g/mol. The van der Waals surface area contributed by atoms with Crippen LogP contribution in [0.5, 0.6) is 0 Å². The van der Waals surface area contributed by atoms with Crippen molar-refractivity contribution in [1.82, 2.24) is 10.6 Å². The maximum Gasteiger partial charge on any atom is 0.326 e. The Bertz CT molecular complexity index is 336. The number of carboxylic acid groups (broad SMARTS) is 1. The van der Waals surface area contributed by atoms with Gasteiger partial charge in [0.05, 0.1) is 0 Å². The molecule has 19 heavy (non-hydrogen) atoms. The Hall–Kier alpha value is -1.11. The van der Waals surface area contributed by atoms with Crippen LogP contribution in [-0.4, -0.2) is 45.4 Å². The lowest BCUT2D eigenvalue weighted by atomic mass is 9.99. The van der Waals surface area contributed by atoms with Crippen LogP contribution in [0.2, 0.25) is 0 Å². The Balaban J connectivity index is 4.14. The molecule has 2 amide bonds. The fourth-order valence-electron chi connectivity index (χ4n) is 1.43. The number of urea groups is 1. The van der Waals surface area contributed by atoms with Gasteiger partial charge >= 0.3 is 12.0 Å². The second kappa shape index (κ2) is 8.90. The minimum absolute atomic E-state index is 0.00476. The smallest absolute Gasteiger partial charge is 0.326 e. The van der Waals surface area contributed by atoms with Gasteiger partial charge in [-0.2, -0.15) is 0 Å². The number of rotatable bonds is 8. The molecule has 2 unspecified atom stereocenters. The first-order valence-electron chi connectivity index (χ1n) is 6.39. The number of carbonyl (C=O) groups excluding carboxylic acids is 1. The molecule has 0 aliphatic rings. The molecule has 0 aromatic carbocycles. The van der Waals surface area contributed by atoms with E-state index < -0.39 is 28.8 Å². The zero-order valence-corrected chi connectivity index (χ0v) is 12.8. The maximum absolute atomic E-state index is 11.6. The van der Waals surface area contributed by atoms with Crippen molar-refractivity contribution in [2.45, 2.75) is 44.9 Å². The summed E-state index contributed by atoms with van der Waals surface area (Å²) in [5.74, 6) is -1.17. The molecule has 0 radical (unpaired) electrons. The van der Waals surface area contributed by atoms with Crippen LogP contribution in [0.15, 0.2) is 0 Å². The van der Waals surface area contributed by atoms with E-state index in [2.05, 4.69) is 10.6 Å². The van der Waals surface area contributed by atoms with Gasteiger partial charge in [-0.3, -0.25) is 4.21 Å².